The molecule has 0 aliphatic carbocycles. The minimum atomic E-state index is -0.239. The summed E-state index contributed by atoms with van der Waals surface area (Å²) in [4.78, 5) is 25.9. The van der Waals surface area contributed by atoms with E-state index in [0.29, 0.717) is 31.2 Å². The van der Waals surface area contributed by atoms with E-state index < -0.39 is 0 Å². The van der Waals surface area contributed by atoms with Gasteiger partial charge in [0.25, 0.3) is 11.5 Å². The number of aryl methyl sites for hydroxylation is 1. The number of anilines is 1. The van der Waals surface area contributed by atoms with Gasteiger partial charge < -0.3 is 16.0 Å². The van der Waals surface area contributed by atoms with E-state index in [1.54, 1.807) is 30.2 Å². The first-order valence-corrected chi connectivity index (χ1v) is 8.23. The van der Waals surface area contributed by atoms with Gasteiger partial charge in [0.2, 0.25) is 0 Å². The molecule has 3 heterocycles. The predicted octanol–water partition coefficient (Wildman–Crippen LogP) is -1.41. The van der Waals surface area contributed by atoms with E-state index in [9.17, 15) is 9.59 Å². The molecular formula is C15H22N8O2. The van der Waals surface area contributed by atoms with Gasteiger partial charge in [-0.1, -0.05) is 5.21 Å². The zero-order valence-corrected chi connectivity index (χ0v) is 14.1. The highest BCUT2D eigenvalue weighted by molar-refractivity contribution is 5.91. The lowest BCUT2D eigenvalue weighted by Gasteiger charge is -2.18. The van der Waals surface area contributed by atoms with Crippen LogP contribution in [-0.2, 0) is 13.6 Å². The van der Waals surface area contributed by atoms with Crippen LogP contribution in [0.4, 0.5) is 5.69 Å². The van der Waals surface area contributed by atoms with Crippen molar-refractivity contribution in [2.24, 2.45) is 18.7 Å². The van der Waals surface area contributed by atoms with E-state index >= 15 is 0 Å². The molecule has 134 valence electrons. The molecule has 0 bridgehead atoms. The van der Waals surface area contributed by atoms with Crippen LogP contribution in [0.5, 0.6) is 0 Å². The molecule has 1 amide bonds. The van der Waals surface area contributed by atoms with Crippen LogP contribution in [0.25, 0.3) is 0 Å². The molecule has 0 radical (unpaired) electrons. The van der Waals surface area contributed by atoms with Gasteiger partial charge in [-0.15, -0.1) is 5.10 Å². The van der Waals surface area contributed by atoms with E-state index in [0.717, 1.165) is 25.2 Å². The maximum atomic E-state index is 12.1. The molecular weight excluding hydrogens is 324 g/mol. The molecule has 3 rings (SSSR count). The molecule has 10 heteroatoms. The fourth-order valence-corrected chi connectivity index (χ4v) is 2.84. The molecule has 1 saturated heterocycles. The molecule has 0 unspecified atom stereocenters. The number of nitrogens with zero attached hydrogens (tertiary/aromatic N) is 6. The second kappa shape index (κ2) is 7.43. The Morgan fingerprint density at radius 1 is 1.48 bits per heavy atom. The van der Waals surface area contributed by atoms with Gasteiger partial charge in [0.05, 0.1) is 24.6 Å². The summed E-state index contributed by atoms with van der Waals surface area (Å²) in [7, 11) is 1.62. The molecule has 1 aliphatic rings. The molecule has 1 atom stereocenters. The molecule has 0 spiro atoms. The van der Waals surface area contributed by atoms with Crippen LogP contribution in [0.3, 0.4) is 0 Å². The smallest absolute Gasteiger partial charge is 0.273 e. The number of hydrogen-bond acceptors (Lipinski definition) is 7. The summed E-state index contributed by atoms with van der Waals surface area (Å²) >= 11 is 0. The van der Waals surface area contributed by atoms with Crippen LogP contribution >= 0.6 is 0 Å². The van der Waals surface area contributed by atoms with Gasteiger partial charge in [-0.2, -0.15) is 5.10 Å². The summed E-state index contributed by atoms with van der Waals surface area (Å²) < 4.78 is 2.85. The highest BCUT2D eigenvalue weighted by Gasteiger charge is 2.24. The monoisotopic (exact) mass is 346 g/mol. The van der Waals surface area contributed by atoms with Gasteiger partial charge in [0, 0.05) is 39.3 Å². The van der Waals surface area contributed by atoms with Gasteiger partial charge in [-0.05, 0) is 12.3 Å². The molecule has 2 aromatic heterocycles. The topological polar surface area (TPSA) is 124 Å². The Morgan fingerprint density at radius 3 is 3.08 bits per heavy atom. The van der Waals surface area contributed by atoms with Crippen molar-refractivity contribution in [2.75, 3.05) is 31.1 Å². The average Bonchev–Trinajstić information content (AvgIpc) is 3.25. The highest BCUT2D eigenvalue weighted by atomic mass is 16.2. The Bertz CT molecular complexity index is 799. The van der Waals surface area contributed by atoms with Crippen molar-refractivity contribution >= 4 is 11.6 Å². The van der Waals surface area contributed by atoms with Gasteiger partial charge in [0.1, 0.15) is 0 Å². The van der Waals surface area contributed by atoms with Crippen molar-refractivity contribution < 1.29 is 4.79 Å². The number of aromatic nitrogens is 5. The fraction of sp³-hybridized carbons (Fsp3) is 0.533. The van der Waals surface area contributed by atoms with Crippen LogP contribution in [0.2, 0.25) is 0 Å². The summed E-state index contributed by atoms with van der Waals surface area (Å²) in [6.45, 7) is 3.14. The van der Waals surface area contributed by atoms with Gasteiger partial charge in [-0.3, -0.25) is 14.3 Å². The number of carbonyl (C=O) groups is 1. The minimum Gasteiger partial charge on any atom is -0.370 e. The number of carbonyl (C=O) groups excluding carboxylic acids is 1. The van der Waals surface area contributed by atoms with Crippen molar-refractivity contribution in [3.05, 3.63) is 34.5 Å². The number of rotatable bonds is 6. The van der Waals surface area contributed by atoms with Crippen LogP contribution in [0, 0.1) is 5.92 Å². The molecule has 0 saturated carbocycles. The van der Waals surface area contributed by atoms with Crippen molar-refractivity contribution in [3.8, 4) is 0 Å². The molecule has 25 heavy (non-hydrogen) atoms. The normalized spacial score (nSPS) is 17.0. The third-order valence-corrected chi connectivity index (χ3v) is 4.29. The SMILES string of the molecule is Cn1ncc(N2CC[C@@H](CNC(=O)c3cn(CCN)nn3)C2)cc1=O. The van der Waals surface area contributed by atoms with E-state index in [1.165, 1.54) is 4.68 Å². The van der Waals surface area contributed by atoms with E-state index in [2.05, 4.69) is 25.6 Å². The first-order valence-electron chi connectivity index (χ1n) is 8.23. The summed E-state index contributed by atoms with van der Waals surface area (Å²) in [6.07, 6.45) is 4.22. The van der Waals surface area contributed by atoms with E-state index in [4.69, 9.17) is 5.73 Å². The summed E-state index contributed by atoms with van der Waals surface area (Å²) in [5.74, 6) is 0.0732. The van der Waals surface area contributed by atoms with E-state index in [1.807, 2.05) is 0 Å². The van der Waals surface area contributed by atoms with Crippen LogP contribution in [0.15, 0.2) is 23.3 Å². The molecule has 2 aromatic rings. The maximum absolute atomic E-state index is 12.1. The number of nitrogens with two attached hydrogens (primary N) is 1. The lowest BCUT2D eigenvalue weighted by atomic mass is 10.1. The van der Waals surface area contributed by atoms with Gasteiger partial charge in [0.15, 0.2) is 5.69 Å². The summed E-state index contributed by atoms with van der Waals surface area (Å²) in [6, 6.07) is 1.59. The Kier molecular flexibility index (Phi) is 5.08. The van der Waals surface area contributed by atoms with E-state index in [-0.39, 0.29) is 11.5 Å². The van der Waals surface area contributed by atoms with Crippen molar-refractivity contribution in [1.82, 2.24) is 30.1 Å². The van der Waals surface area contributed by atoms with Crippen molar-refractivity contribution in [3.63, 3.8) is 0 Å². The van der Waals surface area contributed by atoms with Crippen LogP contribution < -0.4 is 21.5 Å². The predicted molar refractivity (Wildman–Crippen MR) is 91.2 cm³/mol. The standard InChI is InChI=1S/C15H22N8O2/c1-21-14(24)6-12(8-18-21)22-4-2-11(9-22)7-17-15(25)13-10-23(5-3-16)20-19-13/h6,8,10-11H,2-5,7,9,16H2,1H3,(H,17,25)/t11-/m0/s1. The first kappa shape index (κ1) is 17.1. The lowest BCUT2D eigenvalue weighted by molar-refractivity contribution is 0.0943. The third kappa shape index (κ3) is 4.02. The Morgan fingerprint density at radius 2 is 2.32 bits per heavy atom. The average molecular weight is 346 g/mol. The molecule has 1 aliphatic heterocycles. The second-order valence-electron chi connectivity index (χ2n) is 6.14. The third-order valence-electron chi connectivity index (χ3n) is 4.29. The van der Waals surface area contributed by atoms with Gasteiger partial charge >= 0.3 is 0 Å². The summed E-state index contributed by atoms with van der Waals surface area (Å²) in [5.41, 5.74) is 6.43. The fourth-order valence-electron chi connectivity index (χ4n) is 2.84. The molecule has 3 N–H and O–H groups in total. The Labute approximate surface area is 144 Å². The maximum Gasteiger partial charge on any atom is 0.273 e. The van der Waals surface area contributed by atoms with Crippen LogP contribution in [-0.4, -0.2) is 56.9 Å². The van der Waals surface area contributed by atoms with Crippen molar-refractivity contribution in [1.29, 1.82) is 0 Å². The Hall–Kier alpha value is -2.75. The number of hydrogen-bond donors (Lipinski definition) is 2. The number of nitrogens with one attached hydrogen (secondary N) is 1. The van der Waals surface area contributed by atoms with Crippen LogP contribution in [0.1, 0.15) is 16.9 Å². The lowest BCUT2D eigenvalue weighted by Crippen LogP contribution is -2.31. The largest absolute Gasteiger partial charge is 0.370 e. The van der Waals surface area contributed by atoms with Gasteiger partial charge in [-0.25, -0.2) is 4.68 Å². The zero-order valence-electron chi connectivity index (χ0n) is 14.1. The highest BCUT2D eigenvalue weighted by Crippen LogP contribution is 2.21. The first-order chi connectivity index (χ1) is 12.1. The van der Waals surface area contributed by atoms with Crippen molar-refractivity contribution in [2.45, 2.75) is 13.0 Å². The summed E-state index contributed by atoms with van der Waals surface area (Å²) in [5, 5.41) is 14.6. The molecule has 10 nitrogen and oxygen atoms in total. The quantitative estimate of drug-likeness (QED) is 0.658. The molecule has 0 aromatic carbocycles. The minimum absolute atomic E-state index is 0.130. The number of amides is 1. The zero-order chi connectivity index (χ0) is 17.8. The second-order valence-corrected chi connectivity index (χ2v) is 6.14. The molecule has 1 fully saturated rings. The Balaban J connectivity index is 1.51.